The first-order chi connectivity index (χ1) is 2.77. The van der Waals surface area contributed by atoms with Gasteiger partial charge >= 0.3 is 0 Å². The minimum atomic E-state index is 0.389. The standard InChI is InChI=1S/C3H6INO/c1-3(4)2-5-6/h3H,2H2,1H3. The van der Waals surface area contributed by atoms with Gasteiger partial charge in [0.1, 0.15) is 0 Å². The normalized spacial score (nSPS) is 13.7. The van der Waals surface area contributed by atoms with Gasteiger partial charge in [-0.25, -0.2) is 0 Å². The number of nitrogens with zero attached hydrogens (tertiary/aromatic N) is 1. The Bertz CT molecular complexity index is 46.1. The van der Waals surface area contributed by atoms with E-state index in [2.05, 4.69) is 27.8 Å². The van der Waals surface area contributed by atoms with Crippen molar-refractivity contribution in [2.75, 3.05) is 6.54 Å². The van der Waals surface area contributed by atoms with Crippen molar-refractivity contribution >= 4 is 22.6 Å². The van der Waals surface area contributed by atoms with Crippen molar-refractivity contribution in [1.29, 1.82) is 0 Å². The largest absolute Gasteiger partial charge is 0.151 e. The average Bonchev–Trinajstić information content (AvgIpc) is 1.35. The van der Waals surface area contributed by atoms with Gasteiger partial charge in [-0.1, -0.05) is 34.7 Å². The molecule has 0 rings (SSSR count). The van der Waals surface area contributed by atoms with Gasteiger partial charge < -0.3 is 0 Å². The highest BCUT2D eigenvalue weighted by Crippen LogP contribution is 1.96. The summed E-state index contributed by atoms with van der Waals surface area (Å²) in [7, 11) is 0. The van der Waals surface area contributed by atoms with E-state index in [1.54, 1.807) is 0 Å². The Morgan fingerprint density at radius 1 is 2.00 bits per heavy atom. The van der Waals surface area contributed by atoms with Gasteiger partial charge in [0.15, 0.2) is 0 Å². The van der Waals surface area contributed by atoms with Crippen LogP contribution < -0.4 is 0 Å². The minimum absolute atomic E-state index is 0.389. The van der Waals surface area contributed by atoms with E-state index >= 15 is 0 Å². The Kier molecular flexibility index (Phi) is 3.71. The van der Waals surface area contributed by atoms with Gasteiger partial charge in [0.25, 0.3) is 0 Å². The molecule has 0 amide bonds. The molecule has 1 atom stereocenters. The molecule has 6 heavy (non-hydrogen) atoms. The zero-order valence-electron chi connectivity index (χ0n) is 3.52. The van der Waals surface area contributed by atoms with E-state index in [1.807, 2.05) is 6.92 Å². The fourth-order valence-electron chi connectivity index (χ4n) is 0.103. The molecule has 0 aromatic rings. The number of halogens is 1. The van der Waals surface area contributed by atoms with Crippen LogP contribution in [0.2, 0.25) is 0 Å². The molecule has 0 aliphatic carbocycles. The summed E-state index contributed by atoms with van der Waals surface area (Å²) < 4.78 is 0.389. The smallest absolute Gasteiger partial charge is 0.0926 e. The number of hydrogen-bond acceptors (Lipinski definition) is 2. The summed E-state index contributed by atoms with van der Waals surface area (Å²) in [6, 6.07) is 0. The van der Waals surface area contributed by atoms with Gasteiger partial charge in [0.2, 0.25) is 0 Å². The molecule has 0 aromatic heterocycles. The summed E-state index contributed by atoms with van der Waals surface area (Å²) in [6.45, 7) is 2.38. The molecular formula is C3H6INO. The van der Waals surface area contributed by atoms with Crippen molar-refractivity contribution in [3.8, 4) is 0 Å². The lowest BCUT2D eigenvalue weighted by molar-refractivity contribution is 0.975. The Hall–Kier alpha value is 0.330. The maximum atomic E-state index is 9.36. The molecule has 0 aliphatic rings. The first kappa shape index (κ1) is 6.33. The third-order valence-electron chi connectivity index (χ3n) is 0.326. The van der Waals surface area contributed by atoms with Crippen molar-refractivity contribution < 1.29 is 0 Å². The maximum Gasteiger partial charge on any atom is 0.0926 e. The van der Waals surface area contributed by atoms with Crippen LogP contribution in [0.3, 0.4) is 0 Å². The molecule has 0 aromatic carbocycles. The molecule has 2 nitrogen and oxygen atoms in total. The molecule has 0 N–H and O–H groups in total. The van der Waals surface area contributed by atoms with E-state index in [0.29, 0.717) is 10.5 Å². The Labute approximate surface area is 50.4 Å². The van der Waals surface area contributed by atoms with E-state index < -0.39 is 0 Å². The van der Waals surface area contributed by atoms with Crippen molar-refractivity contribution in [1.82, 2.24) is 0 Å². The number of nitroso groups, excluding NO2 is 1. The molecule has 0 saturated heterocycles. The number of hydrogen-bond donors (Lipinski definition) is 0. The highest BCUT2D eigenvalue weighted by molar-refractivity contribution is 14.1. The van der Waals surface area contributed by atoms with Crippen LogP contribution in [0.15, 0.2) is 5.18 Å². The molecule has 0 radical (unpaired) electrons. The van der Waals surface area contributed by atoms with E-state index in [0.717, 1.165) is 0 Å². The second-order valence-electron chi connectivity index (χ2n) is 1.09. The van der Waals surface area contributed by atoms with Gasteiger partial charge in [-0.2, -0.15) is 4.91 Å². The van der Waals surface area contributed by atoms with Crippen LogP contribution >= 0.6 is 22.6 Å². The molecule has 0 spiro atoms. The third-order valence-corrected chi connectivity index (χ3v) is 0.720. The lowest BCUT2D eigenvalue weighted by Crippen LogP contribution is -1.91. The molecule has 36 valence electrons. The minimum Gasteiger partial charge on any atom is -0.151 e. The molecule has 0 fully saturated rings. The highest BCUT2D eigenvalue weighted by Gasteiger charge is 1.89. The van der Waals surface area contributed by atoms with Crippen LogP contribution in [0.4, 0.5) is 0 Å². The van der Waals surface area contributed by atoms with Crippen molar-refractivity contribution in [3.05, 3.63) is 4.91 Å². The second-order valence-corrected chi connectivity index (χ2v) is 3.22. The zero-order chi connectivity index (χ0) is 4.99. The van der Waals surface area contributed by atoms with Gasteiger partial charge in [-0.05, 0) is 0 Å². The van der Waals surface area contributed by atoms with Gasteiger partial charge in [0, 0.05) is 3.92 Å². The summed E-state index contributed by atoms with van der Waals surface area (Å²) in [5.74, 6) is 0. The average molecular weight is 199 g/mol. The van der Waals surface area contributed by atoms with Crippen LogP contribution in [0.1, 0.15) is 6.92 Å². The van der Waals surface area contributed by atoms with Crippen molar-refractivity contribution in [3.63, 3.8) is 0 Å². The topological polar surface area (TPSA) is 29.4 Å². The van der Waals surface area contributed by atoms with Crippen molar-refractivity contribution in [2.45, 2.75) is 10.8 Å². The maximum absolute atomic E-state index is 9.36. The molecule has 0 aliphatic heterocycles. The Morgan fingerprint density at radius 3 is 2.50 bits per heavy atom. The van der Waals surface area contributed by atoms with Gasteiger partial charge in [-0.3, -0.25) is 0 Å². The first-order valence-electron chi connectivity index (χ1n) is 1.70. The van der Waals surface area contributed by atoms with Crippen LogP contribution in [0.5, 0.6) is 0 Å². The predicted molar refractivity (Wildman–Crippen MR) is 34.1 cm³/mol. The SMILES string of the molecule is CC(I)CN=O. The summed E-state index contributed by atoms with van der Waals surface area (Å²) in [5.41, 5.74) is 0. The van der Waals surface area contributed by atoms with E-state index in [4.69, 9.17) is 0 Å². The van der Waals surface area contributed by atoms with Crippen LogP contribution in [0.25, 0.3) is 0 Å². The highest BCUT2D eigenvalue weighted by atomic mass is 127. The van der Waals surface area contributed by atoms with Crippen LogP contribution in [0, 0.1) is 4.91 Å². The number of alkyl halides is 1. The fraction of sp³-hybridized carbons (Fsp3) is 1.00. The molecule has 0 heterocycles. The summed E-state index contributed by atoms with van der Waals surface area (Å²) in [5, 5.41) is 2.68. The van der Waals surface area contributed by atoms with Crippen LogP contribution in [-0.2, 0) is 0 Å². The summed E-state index contributed by atoms with van der Waals surface area (Å²) in [4.78, 5) is 9.36. The molecule has 3 heteroatoms. The lowest BCUT2D eigenvalue weighted by Gasteiger charge is -1.86. The Morgan fingerprint density at radius 2 is 2.50 bits per heavy atom. The predicted octanol–water partition coefficient (Wildman–Crippen LogP) is 1.58. The Balaban J connectivity index is 2.81. The van der Waals surface area contributed by atoms with Gasteiger partial charge in [0.05, 0.1) is 6.54 Å². The fourth-order valence-corrected chi connectivity index (χ4v) is 0.264. The van der Waals surface area contributed by atoms with Crippen LogP contribution in [-0.4, -0.2) is 10.5 Å². The first-order valence-corrected chi connectivity index (χ1v) is 2.95. The van der Waals surface area contributed by atoms with E-state index in [1.165, 1.54) is 0 Å². The summed E-state index contributed by atoms with van der Waals surface area (Å²) >= 11 is 2.15. The number of rotatable bonds is 2. The molecule has 0 saturated carbocycles. The van der Waals surface area contributed by atoms with E-state index in [-0.39, 0.29) is 0 Å². The zero-order valence-corrected chi connectivity index (χ0v) is 5.68. The van der Waals surface area contributed by atoms with Crippen molar-refractivity contribution in [2.24, 2.45) is 5.18 Å². The second kappa shape index (κ2) is 3.52. The monoisotopic (exact) mass is 199 g/mol. The molecule has 0 bridgehead atoms. The summed E-state index contributed by atoms with van der Waals surface area (Å²) in [6.07, 6.45) is 0. The van der Waals surface area contributed by atoms with Gasteiger partial charge in [-0.15, -0.1) is 0 Å². The molecule has 1 unspecified atom stereocenters. The van der Waals surface area contributed by atoms with E-state index in [9.17, 15) is 4.91 Å². The molecular weight excluding hydrogens is 193 g/mol. The quantitative estimate of drug-likeness (QED) is 0.377. The third kappa shape index (κ3) is 4.33. The lowest BCUT2D eigenvalue weighted by atomic mass is 10.5.